The van der Waals surface area contributed by atoms with Crippen molar-refractivity contribution in [2.75, 3.05) is 13.2 Å². The number of para-hydroxylation sites is 1. The summed E-state index contributed by atoms with van der Waals surface area (Å²) in [5, 5.41) is 0. The quantitative estimate of drug-likeness (QED) is 0.629. The summed E-state index contributed by atoms with van der Waals surface area (Å²) in [6.07, 6.45) is 0. The Kier molecular flexibility index (Phi) is 4.52. The lowest BCUT2D eigenvalue weighted by atomic mass is 10.3. The first kappa shape index (κ1) is 12.8. The van der Waals surface area contributed by atoms with Crippen molar-refractivity contribution in [3.8, 4) is 11.6 Å². The van der Waals surface area contributed by atoms with Crippen molar-refractivity contribution >= 4 is 15.9 Å². The number of ether oxygens (including phenoxy) is 2. The number of benzene rings is 1. The molecule has 0 bridgehead atoms. The van der Waals surface area contributed by atoms with Crippen molar-refractivity contribution in [3.05, 3.63) is 46.8 Å². The van der Waals surface area contributed by atoms with Crippen LogP contribution in [0, 0.1) is 6.92 Å². The van der Waals surface area contributed by atoms with Gasteiger partial charge in [-0.25, -0.2) is 4.98 Å². The summed E-state index contributed by atoms with van der Waals surface area (Å²) < 4.78 is 11.7. The van der Waals surface area contributed by atoms with Gasteiger partial charge in [-0.15, -0.1) is 0 Å². The van der Waals surface area contributed by atoms with Gasteiger partial charge in [0.25, 0.3) is 0 Å². The lowest BCUT2D eigenvalue weighted by molar-refractivity contribution is 0.211. The summed E-state index contributed by atoms with van der Waals surface area (Å²) in [6.45, 7) is 2.74. The van der Waals surface area contributed by atoms with Gasteiger partial charge < -0.3 is 9.47 Å². The van der Waals surface area contributed by atoms with Crippen molar-refractivity contribution in [3.63, 3.8) is 0 Å². The maximum absolute atomic E-state index is 5.51. The number of aromatic nitrogens is 2. The fourth-order valence-electron chi connectivity index (χ4n) is 1.40. The van der Waals surface area contributed by atoms with Crippen molar-refractivity contribution in [1.29, 1.82) is 0 Å². The van der Waals surface area contributed by atoms with Gasteiger partial charge in [-0.3, -0.25) is 0 Å². The molecule has 0 aliphatic carbocycles. The third-order valence-electron chi connectivity index (χ3n) is 2.13. The SMILES string of the molecule is Cc1nc(Br)cc(OCCOc2ccccc2)n1. The molecule has 0 aliphatic heterocycles. The third kappa shape index (κ3) is 4.00. The zero-order chi connectivity index (χ0) is 12.8. The number of rotatable bonds is 5. The number of hydrogen-bond acceptors (Lipinski definition) is 4. The maximum atomic E-state index is 5.51. The van der Waals surface area contributed by atoms with Gasteiger partial charge in [0.05, 0.1) is 0 Å². The van der Waals surface area contributed by atoms with E-state index in [-0.39, 0.29) is 0 Å². The lowest BCUT2D eigenvalue weighted by Gasteiger charge is -2.08. The monoisotopic (exact) mass is 308 g/mol. The van der Waals surface area contributed by atoms with Crippen LogP contribution in [0.5, 0.6) is 11.6 Å². The van der Waals surface area contributed by atoms with E-state index in [0.717, 1.165) is 5.75 Å². The summed E-state index contributed by atoms with van der Waals surface area (Å²) in [5.41, 5.74) is 0. The Morgan fingerprint density at radius 2 is 1.78 bits per heavy atom. The molecule has 0 unspecified atom stereocenters. The molecule has 1 heterocycles. The second kappa shape index (κ2) is 6.35. The molecule has 2 aromatic rings. The molecule has 5 heteroatoms. The Morgan fingerprint density at radius 1 is 1.06 bits per heavy atom. The number of nitrogens with zero attached hydrogens (tertiary/aromatic N) is 2. The Hall–Kier alpha value is -1.62. The van der Waals surface area contributed by atoms with Gasteiger partial charge in [-0.05, 0) is 35.0 Å². The zero-order valence-electron chi connectivity index (χ0n) is 9.97. The highest BCUT2D eigenvalue weighted by Crippen LogP contribution is 2.14. The highest BCUT2D eigenvalue weighted by molar-refractivity contribution is 9.10. The van der Waals surface area contributed by atoms with Gasteiger partial charge in [0.15, 0.2) is 0 Å². The molecule has 1 aromatic heterocycles. The van der Waals surface area contributed by atoms with Crippen molar-refractivity contribution < 1.29 is 9.47 Å². The molecule has 1 aromatic carbocycles. The van der Waals surface area contributed by atoms with Crippen LogP contribution in [0.1, 0.15) is 5.82 Å². The molecule has 18 heavy (non-hydrogen) atoms. The summed E-state index contributed by atoms with van der Waals surface area (Å²) in [7, 11) is 0. The van der Waals surface area contributed by atoms with Crippen LogP contribution in [0.15, 0.2) is 41.0 Å². The largest absolute Gasteiger partial charge is 0.490 e. The lowest BCUT2D eigenvalue weighted by Crippen LogP contribution is -2.10. The van der Waals surface area contributed by atoms with Crippen LogP contribution in [0.2, 0.25) is 0 Å². The van der Waals surface area contributed by atoms with E-state index in [1.165, 1.54) is 0 Å². The van der Waals surface area contributed by atoms with Gasteiger partial charge >= 0.3 is 0 Å². The molecule has 0 aliphatic rings. The summed E-state index contributed by atoms with van der Waals surface area (Å²) in [5.74, 6) is 2.05. The van der Waals surface area contributed by atoms with Crippen LogP contribution in [-0.4, -0.2) is 23.2 Å². The van der Waals surface area contributed by atoms with E-state index in [0.29, 0.717) is 29.5 Å². The molecule has 94 valence electrons. The van der Waals surface area contributed by atoms with Crippen LogP contribution in [0.3, 0.4) is 0 Å². The summed E-state index contributed by atoms with van der Waals surface area (Å²) >= 11 is 3.30. The second-order valence-corrected chi connectivity index (χ2v) is 4.40. The Balaban J connectivity index is 1.78. The Morgan fingerprint density at radius 3 is 2.50 bits per heavy atom. The van der Waals surface area contributed by atoms with Crippen molar-refractivity contribution in [2.45, 2.75) is 6.92 Å². The smallest absolute Gasteiger partial charge is 0.217 e. The van der Waals surface area contributed by atoms with Crippen molar-refractivity contribution in [1.82, 2.24) is 9.97 Å². The number of hydrogen-bond donors (Lipinski definition) is 0. The van der Waals surface area contributed by atoms with Gasteiger partial charge in [-0.2, -0.15) is 4.98 Å². The van der Waals surface area contributed by atoms with Crippen LogP contribution >= 0.6 is 15.9 Å². The normalized spacial score (nSPS) is 10.1. The molecular weight excluding hydrogens is 296 g/mol. The highest BCUT2D eigenvalue weighted by atomic mass is 79.9. The van der Waals surface area contributed by atoms with Crippen LogP contribution < -0.4 is 9.47 Å². The maximum Gasteiger partial charge on any atom is 0.217 e. The number of aryl methyl sites for hydroxylation is 1. The number of halogens is 1. The molecule has 0 N–H and O–H groups in total. The van der Waals surface area contributed by atoms with E-state index < -0.39 is 0 Å². The first-order chi connectivity index (χ1) is 8.74. The first-order valence-corrected chi connectivity index (χ1v) is 6.35. The molecular formula is C13H13BrN2O2. The molecule has 0 saturated carbocycles. The van der Waals surface area contributed by atoms with Crippen LogP contribution in [-0.2, 0) is 0 Å². The first-order valence-electron chi connectivity index (χ1n) is 5.56. The minimum Gasteiger partial charge on any atom is -0.490 e. The zero-order valence-corrected chi connectivity index (χ0v) is 11.6. The van der Waals surface area contributed by atoms with E-state index in [4.69, 9.17) is 9.47 Å². The average Bonchev–Trinajstić information content (AvgIpc) is 2.35. The van der Waals surface area contributed by atoms with E-state index in [2.05, 4.69) is 25.9 Å². The molecule has 2 rings (SSSR count). The van der Waals surface area contributed by atoms with E-state index in [1.54, 1.807) is 6.07 Å². The molecule has 0 radical (unpaired) electrons. The van der Waals surface area contributed by atoms with Crippen molar-refractivity contribution in [2.24, 2.45) is 0 Å². The minimum atomic E-state index is 0.442. The molecule has 0 spiro atoms. The molecule has 4 nitrogen and oxygen atoms in total. The molecule has 0 saturated heterocycles. The highest BCUT2D eigenvalue weighted by Gasteiger charge is 2.00. The molecule has 0 atom stereocenters. The van der Waals surface area contributed by atoms with Gasteiger partial charge in [0, 0.05) is 6.07 Å². The summed E-state index contributed by atoms with van der Waals surface area (Å²) in [6, 6.07) is 11.4. The standard InChI is InChI=1S/C13H13BrN2O2/c1-10-15-12(14)9-13(16-10)18-8-7-17-11-5-3-2-4-6-11/h2-6,9H,7-8H2,1H3. The topological polar surface area (TPSA) is 44.2 Å². The third-order valence-corrected chi connectivity index (χ3v) is 2.53. The minimum absolute atomic E-state index is 0.442. The van der Waals surface area contributed by atoms with E-state index in [1.807, 2.05) is 37.3 Å². The van der Waals surface area contributed by atoms with Crippen LogP contribution in [0.25, 0.3) is 0 Å². The van der Waals surface area contributed by atoms with Gasteiger partial charge in [0.1, 0.15) is 29.4 Å². The second-order valence-electron chi connectivity index (χ2n) is 3.59. The fraction of sp³-hybridized carbons (Fsp3) is 0.231. The van der Waals surface area contributed by atoms with Gasteiger partial charge in [-0.1, -0.05) is 18.2 Å². The Labute approximate surface area is 114 Å². The fourth-order valence-corrected chi connectivity index (χ4v) is 1.85. The average molecular weight is 309 g/mol. The van der Waals surface area contributed by atoms with Gasteiger partial charge in [0.2, 0.25) is 5.88 Å². The predicted octanol–water partition coefficient (Wildman–Crippen LogP) is 3.01. The van der Waals surface area contributed by atoms with E-state index in [9.17, 15) is 0 Å². The predicted molar refractivity (Wildman–Crippen MR) is 71.9 cm³/mol. The van der Waals surface area contributed by atoms with E-state index >= 15 is 0 Å². The molecule has 0 amide bonds. The molecule has 0 fully saturated rings. The summed E-state index contributed by atoms with van der Waals surface area (Å²) in [4.78, 5) is 8.26. The van der Waals surface area contributed by atoms with Crippen LogP contribution in [0.4, 0.5) is 0 Å². The Bertz CT molecular complexity index is 485.